The number of fused-ring (bicyclic) bond motifs is 1. The number of carboxylic acid groups (broad SMARTS) is 1. The topological polar surface area (TPSA) is 81.9 Å². The van der Waals surface area contributed by atoms with Gasteiger partial charge in [-0.05, 0) is 37.5 Å². The third kappa shape index (κ3) is 3.17. The Morgan fingerprint density at radius 1 is 1.44 bits per heavy atom. The average Bonchev–Trinajstić information content (AvgIpc) is 2.58. The Hall–Kier alpha value is -1.21. The van der Waals surface area contributed by atoms with Crippen LogP contribution in [0.4, 0.5) is 0 Å². The van der Waals surface area contributed by atoms with Crippen LogP contribution in [0, 0.1) is 0 Å². The predicted octanol–water partition coefficient (Wildman–Crippen LogP) is -2.18. The van der Waals surface area contributed by atoms with E-state index in [-0.39, 0.29) is 30.0 Å². The van der Waals surface area contributed by atoms with Gasteiger partial charge in [0.2, 0.25) is 0 Å². The fourth-order valence-corrected chi connectivity index (χ4v) is 1.95. The molecule has 0 amide bonds. The van der Waals surface area contributed by atoms with Crippen molar-refractivity contribution in [3.05, 3.63) is 35.5 Å². The van der Waals surface area contributed by atoms with E-state index in [0.29, 0.717) is 0 Å². The van der Waals surface area contributed by atoms with Crippen LogP contribution in [0.15, 0.2) is 24.4 Å². The smallest absolute Gasteiger partial charge is 0.545 e. The van der Waals surface area contributed by atoms with Crippen LogP contribution in [0.2, 0.25) is 0 Å². The van der Waals surface area contributed by atoms with Crippen molar-refractivity contribution in [1.29, 1.82) is 0 Å². The third-order valence-corrected chi connectivity index (χ3v) is 2.65. The van der Waals surface area contributed by atoms with Gasteiger partial charge in [-0.1, -0.05) is 12.1 Å². The number of hydrogen-bond acceptors (Lipinski definition) is 3. The molecular weight excluding hydrogens is 223 g/mol. The van der Waals surface area contributed by atoms with Crippen molar-refractivity contribution in [1.82, 2.24) is 4.98 Å². The van der Waals surface area contributed by atoms with Crippen LogP contribution in [-0.2, 0) is 6.42 Å². The molecule has 0 spiro atoms. The van der Waals surface area contributed by atoms with Crippen molar-refractivity contribution >= 4 is 16.9 Å². The van der Waals surface area contributed by atoms with Gasteiger partial charge in [0.15, 0.2) is 0 Å². The monoisotopic (exact) mass is 238 g/mol. The Morgan fingerprint density at radius 2 is 2.11 bits per heavy atom. The van der Waals surface area contributed by atoms with Crippen LogP contribution in [0.25, 0.3) is 10.9 Å². The van der Waals surface area contributed by atoms with E-state index in [1.165, 1.54) is 0 Å². The Balaban J connectivity index is 0.00000162. The van der Waals surface area contributed by atoms with Crippen LogP contribution in [-0.4, -0.2) is 16.5 Å². The molecule has 0 atom stereocenters. The van der Waals surface area contributed by atoms with Crippen LogP contribution >= 0.6 is 0 Å². The molecule has 0 saturated carbocycles. The van der Waals surface area contributed by atoms with E-state index in [1.54, 1.807) is 18.2 Å². The molecule has 0 aliphatic rings. The Labute approximate surface area is 118 Å². The second kappa shape index (κ2) is 5.19. The van der Waals surface area contributed by atoms with Gasteiger partial charge in [-0.2, -0.15) is 0 Å². The van der Waals surface area contributed by atoms with Crippen LogP contribution in [0.1, 0.15) is 29.8 Å². The molecule has 0 aliphatic heterocycles. The molecule has 0 saturated heterocycles. The summed E-state index contributed by atoms with van der Waals surface area (Å²) in [6, 6.07) is 4.92. The summed E-state index contributed by atoms with van der Waals surface area (Å²) in [5.74, 6) is -1.16. The molecule has 1 aromatic heterocycles. The number of aromatic amines is 1. The van der Waals surface area contributed by atoms with Gasteiger partial charge in [-0.25, -0.2) is 0 Å². The summed E-state index contributed by atoms with van der Waals surface area (Å²) in [7, 11) is 0. The SMILES string of the molecule is CC(C)(N)Cc1c[nH]c2cc(C(=O)[O-])ccc12.[Li+]. The van der Waals surface area contributed by atoms with Gasteiger partial charge in [0.25, 0.3) is 0 Å². The molecule has 1 aromatic carbocycles. The molecule has 0 aliphatic carbocycles. The normalized spacial score (nSPS) is 11.3. The maximum atomic E-state index is 10.7. The number of carbonyl (C=O) groups is 1. The zero-order chi connectivity index (χ0) is 12.6. The van der Waals surface area contributed by atoms with Gasteiger partial charge in [0, 0.05) is 22.6 Å². The van der Waals surface area contributed by atoms with E-state index in [0.717, 1.165) is 22.9 Å². The fourth-order valence-electron chi connectivity index (χ4n) is 1.95. The number of H-pyrrole nitrogens is 1. The van der Waals surface area contributed by atoms with Gasteiger partial charge in [-0.3, -0.25) is 0 Å². The molecule has 1 heterocycles. The summed E-state index contributed by atoms with van der Waals surface area (Å²) < 4.78 is 0. The molecule has 2 rings (SSSR count). The quantitative estimate of drug-likeness (QED) is 0.596. The first-order valence-corrected chi connectivity index (χ1v) is 5.47. The largest absolute Gasteiger partial charge is 1.00 e. The molecular formula is C13H15LiN2O2. The van der Waals surface area contributed by atoms with Crippen molar-refractivity contribution < 1.29 is 28.8 Å². The number of aromatic carboxylic acids is 1. The summed E-state index contributed by atoms with van der Waals surface area (Å²) in [5, 5.41) is 11.7. The second-order valence-electron chi connectivity index (χ2n) is 5.03. The van der Waals surface area contributed by atoms with Crippen molar-refractivity contribution in [2.75, 3.05) is 0 Å². The number of aromatic nitrogens is 1. The minimum absolute atomic E-state index is 0. The molecule has 4 nitrogen and oxygen atoms in total. The molecule has 3 N–H and O–H groups in total. The maximum absolute atomic E-state index is 10.7. The van der Waals surface area contributed by atoms with E-state index < -0.39 is 5.97 Å². The fraction of sp³-hybridized carbons (Fsp3) is 0.308. The average molecular weight is 238 g/mol. The van der Waals surface area contributed by atoms with Crippen LogP contribution in [0.5, 0.6) is 0 Å². The summed E-state index contributed by atoms with van der Waals surface area (Å²) in [4.78, 5) is 13.8. The Bertz CT molecular complexity index is 570. The maximum Gasteiger partial charge on any atom is 1.00 e. The second-order valence-corrected chi connectivity index (χ2v) is 5.03. The van der Waals surface area contributed by atoms with Gasteiger partial charge < -0.3 is 20.6 Å². The number of carbonyl (C=O) groups excluding carboxylic acids is 1. The summed E-state index contributed by atoms with van der Waals surface area (Å²) >= 11 is 0. The molecule has 18 heavy (non-hydrogen) atoms. The number of hydrogen-bond donors (Lipinski definition) is 2. The van der Waals surface area contributed by atoms with Crippen molar-refractivity contribution in [2.24, 2.45) is 5.73 Å². The zero-order valence-electron chi connectivity index (χ0n) is 10.9. The van der Waals surface area contributed by atoms with E-state index in [1.807, 2.05) is 20.0 Å². The summed E-state index contributed by atoms with van der Waals surface area (Å²) in [5.41, 5.74) is 7.76. The zero-order valence-corrected chi connectivity index (χ0v) is 10.9. The summed E-state index contributed by atoms with van der Waals surface area (Å²) in [6.45, 7) is 3.92. The predicted molar refractivity (Wildman–Crippen MR) is 64.6 cm³/mol. The molecule has 90 valence electrons. The summed E-state index contributed by atoms with van der Waals surface area (Å²) in [6.07, 6.45) is 2.61. The number of rotatable bonds is 3. The molecule has 5 heteroatoms. The minimum Gasteiger partial charge on any atom is -0.545 e. The van der Waals surface area contributed by atoms with Gasteiger partial charge in [-0.15, -0.1) is 0 Å². The van der Waals surface area contributed by atoms with Gasteiger partial charge in [0.1, 0.15) is 0 Å². The first-order chi connectivity index (χ1) is 7.87. The van der Waals surface area contributed by atoms with Crippen LogP contribution < -0.4 is 29.7 Å². The molecule has 0 fully saturated rings. The number of nitrogens with two attached hydrogens (primary N) is 1. The Morgan fingerprint density at radius 3 is 2.67 bits per heavy atom. The van der Waals surface area contributed by atoms with E-state index in [4.69, 9.17) is 5.73 Å². The molecule has 0 unspecified atom stereocenters. The molecule has 0 radical (unpaired) electrons. The first kappa shape index (κ1) is 14.8. The molecule has 2 aromatic rings. The van der Waals surface area contributed by atoms with Gasteiger partial charge in [0.05, 0.1) is 5.97 Å². The first-order valence-electron chi connectivity index (χ1n) is 5.47. The number of carboxylic acids is 1. The van der Waals surface area contributed by atoms with Crippen molar-refractivity contribution in [2.45, 2.75) is 25.8 Å². The van der Waals surface area contributed by atoms with Crippen molar-refractivity contribution in [3.63, 3.8) is 0 Å². The van der Waals surface area contributed by atoms with Gasteiger partial charge >= 0.3 is 18.9 Å². The number of benzene rings is 1. The minimum atomic E-state index is -1.16. The van der Waals surface area contributed by atoms with Crippen molar-refractivity contribution in [3.8, 4) is 0 Å². The van der Waals surface area contributed by atoms with E-state index in [9.17, 15) is 9.90 Å². The van der Waals surface area contributed by atoms with Crippen LogP contribution in [0.3, 0.4) is 0 Å². The standard InChI is InChI=1S/C13H16N2O2.Li/c1-13(2,14)6-9-7-15-11-5-8(12(16)17)3-4-10(9)11;/h3-5,7,15H,6,14H2,1-2H3,(H,16,17);/q;+1/p-1. The molecule has 0 bridgehead atoms. The van der Waals surface area contributed by atoms with E-state index in [2.05, 4.69) is 4.98 Å². The third-order valence-electron chi connectivity index (χ3n) is 2.65. The van der Waals surface area contributed by atoms with E-state index >= 15 is 0 Å². The Kier molecular flexibility index (Phi) is 4.28. The number of nitrogens with one attached hydrogen (secondary N) is 1.